The molecule has 1 N–H and O–H groups in total. The number of carbonyl (C=O) groups excluding carboxylic acids is 1. The normalized spacial score (nSPS) is 16.0. The summed E-state index contributed by atoms with van der Waals surface area (Å²) in [5.74, 6) is 0.613. The molecule has 2 amide bonds. The van der Waals surface area contributed by atoms with Crippen LogP contribution in [0, 0.1) is 6.92 Å². The first-order valence-corrected chi connectivity index (χ1v) is 9.44. The van der Waals surface area contributed by atoms with Gasteiger partial charge < -0.3 is 4.90 Å². The van der Waals surface area contributed by atoms with Crippen molar-refractivity contribution in [2.75, 3.05) is 31.5 Å². The lowest BCUT2D eigenvalue weighted by Crippen LogP contribution is -2.51. The van der Waals surface area contributed by atoms with E-state index >= 15 is 0 Å². The number of sulfonamides is 1. The Kier molecular flexibility index (Phi) is 4.78. The summed E-state index contributed by atoms with van der Waals surface area (Å²) in [5, 5.41) is 6.99. The van der Waals surface area contributed by atoms with Crippen molar-refractivity contribution in [1.29, 1.82) is 0 Å². The fraction of sp³-hybridized carbons (Fsp3) is 0.375. The number of rotatable bonds is 3. The Balaban J connectivity index is 1.62. The number of nitrogens with zero attached hydrogens (tertiary/aromatic N) is 4. The van der Waals surface area contributed by atoms with Gasteiger partial charge in [-0.2, -0.15) is 9.40 Å². The van der Waals surface area contributed by atoms with Crippen molar-refractivity contribution in [2.24, 2.45) is 7.05 Å². The van der Waals surface area contributed by atoms with Gasteiger partial charge in [-0.1, -0.05) is 18.2 Å². The van der Waals surface area contributed by atoms with E-state index in [4.69, 9.17) is 0 Å². The van der Waals surface area contributed by atoms with Gasteiger partial charge in [0.15, 0.2) is 0 Å². The predicted octanol–water partition coefficient (Wildman–Crippen LogP) is 1.27. The molecular weight excluding hydrogens is 342 g/mol. The molecule has 0 spiro atoms. The largest absolute Gasteiger partial charge is 0.323 e. The number of aromatic nitrogens is 2. The Bertz CT molecular complexity index is 855. The lowest BCUT2D eigenvalue weighted by atomic mass is 10.4. The van der Waals surface area contributed by atoms with Crippen molar-refractivity contribution in [3.8, 4) is 0 Å². The van der Waals surface area contributed by atoms with E-state index in [0.717, 1.165) is 5.69 Å². The van der Waals surface area contributed by atoms with E-state index in [9.17, 15) is 13.2 Å². The Labute approximate surface area is 147 Å². The van der Waals surface area contributed by atoms with Crippen LogP contribution in [0.25, 0.3) is 0 Å². The van der Waals surface area contributed by atoms with Gasteiger partial charge in [-0.05, 0) is 19.1 Å². The predicted molar refractivity (Wildman–Crippen MR) is 93.7 cm³/mol. The minimum Gasteiger partial charge on any atom is -0.322 e. The molecule has 25 heavy (non-hydrogen) atoms. The number of piperazine rings is 1. The standard InChI is InChI=1S/C16H21N5O3S/c1-13-12-15(19(2)18-13)17-16(22)20-8-10-21(11-9-20)25(23,24)14-6-4-3-5-7-14/h3-7,12H,8-11H2,1-2H3,(H,17,22). The maximum Gasteiger partial charge on any atom is 0.323 e. The molecule has 9 heteroatoms. The molecular formula is C16H21N5O3S. The van der Waals surface area contributed by atoms with E-state index in [-0.39, 0.29) is 24.0 Å². The number of aryl methyl sites for hydroxylation is 2. The van der Waals surface area contributed by atoms with E-state index in [0.29, 0.717) is 18.9 Å². The summed E-state index contributed by atoms with van der Waals surface area (Å²) < 4.78 is 28.2. The number of carbonyl (C=O) groups is 1. The minimum atomic E-state index is -3.51. The number of nitrogens with one attached hydrogen (secondary N) is 1. The SMILES string of the molecule is Cc1cc(NC(=O)N2CCN(S(=O)(=O)c3ccccc3)CC2)n(C)n1. The summed E-state index contributed by atoms with van der Waals surface area (Å²) >= 11 is 0. The molecule has 1 fully saturated rings. The number of hydrogen-bond acceptors (Lipinski definition) is 4. The molecule has 134 valence electrons. The van der Waals surface area contributed by atoms with Gasteiger partial charge in [-0.25, -0.2) is 13.2 Å². The summed E-state index contributed by atoms with van der Waals surface area (Å²) in [7, 11) is -1.76. The van der Waals surface area contributed by atoms with E-state index in [1.807, 2.05) is 6.92 Å². The third kappa shape index (κ3) is 3.67. The smallest absolute Gasteiger partial charge is 0.322 e. The maximum absolute atomic E-state index is 12.6. The first kappa shape index (κ1) is 17.4. The van der Waals surface area contributed by atoms with Gasteiger partial charge in [0.05, 0.1) is 10.6 Å². The van der Waals surface area contributed by atoms with Crippen LogP contribution in [-0.2, 0) is 17.1 Å². The highest BCUT2D eigenvalue weighted by molar-refractivity contribution is 7.89. The van der Waals surface area contributed by atoms with Crippen LogP contribution in [-0.4, -0.2) is 59.6 Å². The fourth-order valence-electron chi connectivity index (χ4n) is 2.79. The van der Waals surface area contributed by atoms with Crippen LogP contribution in [0.1, 0.15) is 5.69 Å². The molecule has 1 aromatic carbocycles. The third-order valence-electron chi connectivity index (χ3n) is 4.14. The van der Waals surface area contributed by atoms with Gasteiger partial charge >= 0.3 is 6.03 Å². The molecule has 0 radical (unpaired) electrons. The van der Waals surface area contributed by atoms with Crippen molar-refractivity contribution in [1.82, 2.24) is 19.0 Å². The fourth-order valence-corrected chi connectivity index (χ4v) is 4.23. The maximum atomic E-state index is 12.6. The van der Waals surface area contributed by atoms with E-state index in [1.54, 1.807) is 53.0 Å². The highest BCUT2D eigenvalue weighted by atomic mass is 32.2. The van der Waals surface area contributed by atoms with Crippen LogP contribution < -0.4 is 5.32 Å². The topological polar surface area (TPSA) is 87.5 Å². The average molecular weight is 363 g/mol. The minimum absolute atomic E-state index is 0.250. The zero-order chi connectivity index (χ0) is 18.0. The molecule has 1 aromatic heterocycles. The quantitative estimate of drug-likeness (QED) is 0.889. The summed E-state index contributed by atoms with van der Waals surface area (Å²) in [4.78, 5) is 14.2. The Morgan fingerprint density at radius 3 is 2.32 bits per heavy atom. The number of amides is 2. The summed E-state index contributed by atoms with van der Waals surface area (Å²) in [6.07, 6.45) is 0. The van der Waals surface area contributed by atoms with Crippen LogP contribution in [0.3, 0.4) is 0 Å². The Hall–Kier alpha value is -2.39. The molecule has 2 aromatic rings. The second-order valence-corrected chi connectivity index (χ2v) is 7.87. The van der Waals surface area contributed by atoms with Crippen LogP contribution >= 0.6 is 0 Å². The number of urea groups is 1. The average Bonchev–Trinajstić information content (AvgIpc) is 2.93. The molecule has 1 aliphatic rings. The molecule has 2 heterocycles. The summed E-state index contributed by atoms with van der Waals surface area (Å²) in [5.41, 5.74) is 0.816. The van der Waals surface area contributed by atoms with Gasteiger partial charge in [0.2, 0.25) is 10.0 Å². The molecule has 0 bridgehead atoms. The van der Waals surface area contributed by atoms with Crippen molar-refractivity contribution in [3.63, 3.8) is 0 Å². The molecule has 0 atom stereocenters. The van der Waals surface area contributed by atoms with Crippen molar-refractivity contribution in [2.45, 2.75) is 11.8 Å². The zero-order valence-corrected chi connectivity index (χ0v) is 15.0. The van der Waals surface area contributed by atoms with Crippen LogP contribution in [0.15, 0.2) is 41.3 Å². The van der Waals surface area contributed by atoms with Gasteiger partial charge in [0, 0.05) is 39.3 Å². The summed E-state index contributed by atoms with van der Waals surface area (Å²) in [6, 6.07) is 9.88. The van der Waals surface area contributed by atoms with E-state index in [2.05, 4.69) is 10.4 Å². The third-order valence-corrected chi connectivity index (χ3v) is 6.06. The van der Waals surface area contributed by atoms with Crippen molar-refractivity contribution >= 4 is 21.9 Å². The van der Waals surface area contributed by atoms with Crippen molar-refractivity contribution < 1.29 is 13.2 Å². The molecule has 0 unspecified atom stereocenters. The highest BCUT2D eigenvalue weighted by Gasteiger charge is 2.30. The number of anilines is 1. The van der Waals surface area contributed by atoms with Crippen molar-refractivity contribution in [3.05, 3.63) is 42.1 Å². The Morgan fingerprint density at radius 1 is 1.12 bits per heavy atom. The van der Waals surface area contributed by atoms with Gasteiger partial charge in [-0.15, -0.1) is 0 Å². The monoisotopic (exact) mass is 363 g/mol. The summed E-state index contributed by atoms with van der Waals surface area (Å²) in [6.45, 7) is 3.08. The Morgan fingerprint density at radius 2 is 1.76 bits per heavy atom. The lowest BCUT2D eigenvalue weighted by molar-refractivity contribution is 0.184. The van der Waals surface area contributed by atoms with Gasteiger partial charge in [0.25, 0.3) is 0 Å². The lowest BCUT2D eigenvalue weighted by Gasteiger charge is -2.33. The van der Waals surface area contributed by atoms with Crippen LogP contribution in [0.4, 0.5) is 10.6 Å². The van der Waals surface area contributed by atoms with E-state index < -0.39 is 10.0 Å². The van der Waals surface area contributed by atoms with Crippen LogP contribution in [0.2, 0.25) is 0 Å². The zero-order valence-electron chi connectivity index (χ0n) is 14.2. The van der Waals surface area contributed by atoms with Gasteiger partial charge in [-0.3, -0.25) is 10.00 Å². The second-order valence-electron chi connectivity index (χ2n) is 5.93. The number of hydrogen-bond donors (Lipinski definition) is 1. The molecule has 3 rings (SSSR count). The first-order chi connectivity index (χ1) is 11.9. The molecule has 0 saturated carbocycles. The second kappa shape index (κ2) is 6.85. The van der Waals surface area contributed by atoms with Crippen LogP contribution in [0.5, 0.6) is 0 Å². The molecule has 0 aliphatic carbocycles. The van der Waals surface area contributed by atoms with E-state index in [1.165, 1.54) is 4.31 Å². The first-order valence-electron chi connectivity index (χ1n) is 8.00. The molecule has 1 saturated heterocycles. The molecule has 8 nitrogen and oxygen atoms in total. The number of benzene rings is 1. The molecule has 1 aliphatic heterocycles. The van der Waals surface area contributed by atoms with Gasteiger partial charge in [0.1, 0.15) is 5.82 Å². The highest BCUT2D eigenvalue weighted by Crippen LogP contribution is 2.18.